The van der Waals surface area contributed by atoms with Gasteiger partial charge < -0.3 is 15.0 Å². The van der Waals surface area contributed by atoms with Crippen LogP contribution in [0.4, 0.5) is 0 Å². The Hall–Kier alpha value is -3.41. The molecule has 2 aromatic rings. The minimum absolute atomic E-state index is 0.0950. The van der Waals surface area contributed by atoms with E-state index in [0.717, 1.165) is 63.4 Å². The summed E-state index contributed by atoms with van der Waals surface area (Å²) in [5.74, 6) is -0.169. The van der Waals surface area contributed by atoms with Gasteiger partial charge in [0.25, 0.3) is 0 Å². The van der Waals surface area contributed by atoms with Gasteiger partial charge in [-0.2, -0.15) is 0 Å². The van der Waals surface area contributed by atoms with Crippen molar-refractivity contribution in [3.8, 4) is 5.75 Å². The Morgan fingerprint density at radius 3 is 2.16 bits per heavy atom. The van der Waals surface area contributed by atoms with Crippen LogP contribution in [0.15, 0.2) is 60.7 Å². The fourth-order valence-electron chi connectivity index (χ4n) is 5.76. The molecular formula is C32H40N2O4. The van der Waals surface area contributed by atoms with Gasteiger partial charge in [-0.15, -0.1) is 0 Å². The highest BCUT2D eigenvalue weighted by Gasteiger charge is 2.38. The quantitative estimate of drug-likeness (QED) is 0.323. The molecule has 0 saturated heterocycles. The summed E-state index contributed by atoms with van der Waals surface area (Å²) < 4.78 is 5.66. The highest BCUT2D eigenvalue weighted by atomic mass is 16.5. The first-order chi connectivity index (χ1) is 18.5. The summed E-state index contributed by atoms with van der Waals surface area (Å²) in [6.45, 7) is 1.96. The van der Waals surface area contributed by atoms with E-state index in [0.29, 0.717) is 16.9 Å². The molecule has 202 valence electrons. The molecule has 0 spiro atoms. The lowest BCUT2D eigenvalue weighted by Gasteiger charge is -2.40. The number of carbonyl (C=O) groups excluding carboxylic acids is 3. The van der Waals surface area contributed by atoms with E-state index >= 15 is 0 Å². The Morgan fingerprint density at radius 2 is 1.50 bits per heavy atom. The smallest absolute Gasteiger partial charge is 0.247 e. The normalized spacial score (nSPS) is 17.6. The zero-order valence-electron chi connectivity index (χ0n) is 22.7. The number of amides is 2. The van der Waals surface area contributed by atoms with Gasteiger partial charge in [-0.1, -0.05) is 86.6 Å². The van der Waals surface area contributed by atoms with E-state index in [-0.39, 0.29) is 29.7 Å². The van der Waals surface area contributed by atoms with E-state index in [4.69, 9.17) is 4.74 Å². The molecule has 0 radical (unpaired) electrons. The van der Waals surface area contributed by atoms with Crippen molar-refractivity contribution in [2.45, 2.75) is 89.3 Å². The number of methoxy groups -OCH3 is 1. The van der Waals surface area contributed by atoms with Crippen molar-refractivity contribution in [2.24, 2.45) is 0 Å². The lowest BCUT2D eigenvalue weighted by atomic mass is 9.90. The first-order valence-corrected chi connectivity index (χ1v) is 14.0. The summed E-state index contributed by atoms with van der Waals surface area (Å²) in [5, 5.41) is 3.26. The number of allylic oxidation sites excluding steroid dienone is 1. The van der Waals surface area contributed by atoms with Crippen LogP contribution in [0.25, 0.3) is 0 Å². The predicted octanol–water partition coefficient (Wildman–Crippen LogP) is 6.09. The van der Waals surface area contributed by atoms with Crippen molar-refractivity contribution in [2.75, 3.05) is 7.11 Å². The highest BCUT2D eigenvalue weighted by Crippen LogP contribution is 2.35. The van der Waals surface area contributed by atoms with Gasteiger partial charge in [0.2, 0.25) is 11.8 Å². The second kappa shape index (κ2) is 13.4. The number of hydrogen-bond acceptors (Lipinski definition) is 4. The molecule has 0 bridgehead atoms. The van der Waals surface area contributed by atoms with Crippen LogP contribution in [0.3, 0.4) is 0 Å². The minimum atomic E-state index is -0.845. The number of aryl methyl sites for hydroxylation is 1. The van der Waals surface area contributed by atoms with Crippen molar-refractivity contribution in [1.29, 1.82) is 0 Å². The van der Waals surface area contributed by atoms with Gasteiger partial charge in [0.05, 0.1) is 7.11 Å². The second-order valence-corrected chi connectivity index (χ2v) is 10.6. The average Bonchev–Trinajstić information content (AvgIpc) is 2.95. The Labute approximate surface area is 226 Å². The molecule has 2 amide bonds. The molecule has 38 heavy (non-hydrogen) atoms. The summed E-state index contributed by atoms with van der Waals surface area (Å²) >= 11 is 0. The monoisotopic (exact) mass is 516 g/mol. The third-order valence-electron chi connectivity index (χ3n) is 7.85. The van der Waals surface area contributed by atoms with E-state index in [1.165, 1.54) is 18.6 Å². The van der Waals surface area contributed by atoms with Crippen LogP contribution < -0.4 is 10.1 Å². The lowest BCUT2D eigenvalue weighted by Crippen LogP contribution is -2.51. The first kappa shape index (κ1) is 27.6. The van der Waals surface area contributed by atoms with E-state index in [1.54, 1.807) is 24.1 Å². The Balaban J connectivity index is 1.69. The Kier molecular flexibility index (Phi) is 9.74. The van der Waals surface area contributed by atoms with E-state index in [9.17, 15) is 14.4 Å². The highest BCUT2D eigenvalue weighted by molar-refractivity contribution is 6.08. The van der Waals surface area contributed by atoms with Crippen molar-refractivity contribution >= 4 is 17.6 Å². The number of ether oxygens (including phenoxy) is 1. The summed E-state index contributed by atoms with van der Waals surface area (Å²) in [7, 11) is 1.59. The SMILES string of the molecule is COc1ccccc1C(C(=O)NC1CCCCC1)N(C(=O)/C=C/C(=O)c1ccc(C)cc1)C1CCCCC1. The predicted molar refractivity (Wildman–Crippen MR) is 149 cm³/mol. The third kappa shape index (κ3) is 6.91. The summed E-state index contributed by atoms with van der Waals surface area (Å²) in [5.41, 5.74) is 2.26. The van der Waals surface area contributed by atoms with Crippen LogP contribution in [-0.4, -0.2) is 41.7 Å². The Bertz CT molecular complexity index is 1130. The molecule has 2 aliphatic carbocycles. The molecule has 2 aliphatic rings. The van der Waals surface area contributed by atoms with Gasteiger partial charge in [0.15, 0.2) is 5.78 Å². The third-order valence-corrected chi connectivity index (χ3v) is 7.85. The number of nitrogens with one attached hydrogen (secondary N) is 1. The number of benzene rings is 2. The maximum absolute atomic E-state index is 14.0. The van der Waals surface area contributed by atoms with Crippen LogP contribution in [0.1, 0.15) is 91.7 Å². The van der Waals surface area contributed by atoms with E-state index in [2.05, 4.69) is 5.32 Å². The molecule has 0 aromatic heterocycles. The topological polar surface area (TPSA) is 75.7 Å². The van der Waals surface area contributed by atoms with Crippen molar-refractivity contribution in [3.05, 3.63) is 77.4 Å². The van der Waals surface area contributed by atoms with E-state index < -0.39 is 6.04 Å². The summed E-state index contributed by atoms with van der Waals surface area (Å²) in [6, 6.07) is 13.9. The van der Waals surface area contributed by atoms with Crippen molar-refractivity contribution < 1.29 is 19.1 Å². The van der Waals surface area contributed by atoms with Crippen LogP contribution in [0, 0.1) is 6.92 Å². The number of ketones is 1. The fourth-order valence-corrected chi connectivity index (χ4v) is 5.76. The van der Waals surface area contributed by atoms with Gasteiger partial charge in [-0.3, -0.25) is 14.4 Å². The molecule has 1 unspecified atom stereocenters. The molecule has 0 heterocycles. The van der Waals surface area contributed by atoms with Gasteiger partial charge in [0, 0.05) is 29.3 Å². The maximum Gasteiger partial charge on any atom is 0.247 e. The molecule has 2 aromatic carbocycles. The zero-order valence-corrected chi connectivity index (χ0v) is 22.7. The molecule has 0 aliphatic heterocycles. The summed E-state index contributed by atoms with van der Waals surface area (Å²) in [4.78, 5) is 42.5. The molecule has 6 nitrogen and oxygen atoms in total. The van der Waals surface area contributed by atoms with Gasteiger partial charge >= 0.3 is 0 Å². The Morgan fingerprint density at radius 1 is 0.868 bits per heavy atom. The molecule has 1 atom stereocenters. The zero-order chi connectivity index (χ0) is 26.9. The molecule has 4 rings (SSSR count). The second-order valence-electron chi connectivity index (χ2n) is 10.6. The van der Waals surface area contributed by atoms with Crippen LogP contribution in [-0.2, 0) is 9.59 Å². The lowest BCUT2D eigenvalue weighted by molar-refractivity contribution is -0.141. The molecular weight excluding hydrogens is 476 g/mol. The number of carbonyl (C=O) groups is 3. The number of para-hydroxylation sites is 1. The largest absolute Gasteiger partial charge is 0.496 e. The number of rotatable bonds is 9. The van der Waals surface area contributed by atoms with Crippen LogP contribution >= 0.6 is 0 Å². The minimum Gasteiger partial charge on any atom is -0.496 e. The van der Waals surface area contributed by atoms with Crippen LogP contribution in [0.2, 0.25) is 0 Å². The van der Waals surface area contributed by atoms with Crippen LogP contribution in [0.5, 0.6) is 5.75 Å². The molecule has 1 N–H and O–H groups in total. The molecule has 2 fully saturated rings. The fraction of sp³-hybridized carbons (Fsp3) is 0.469. The maximum atomic E-state index is 14.0. The standard InChI is InChI=1S/C32H40N2O4/c1-23-17-19-24(20-18-23)28(35)21-22-30(36)34(26-13-7-4-8-14-26)31(27-15-9-10-16-29(27)38-2)32(37)33-25-11-5-3-6-12-25/h9-10,15-22,25-26,31H,3-8,11-14H2,1-2H3,(H,33,37)/b22-21+. The van der Waals surface area contributed by atoms with Gasteiger partial charge in [0.1, 0.15) is 11.8 Å². The van der Waals surface area contributed by atoms with E-state index in [1.807, 2.05) is 43.3 Å². The number of hydrogen-bond donors (Lipinski definition) is 1. The van der Waals surface area contributed by atoms with Crippen molar-refractivity contribution in [3.63, 3.8) is 0 Å². The van der Waals surface area contributed by atoms with Gasteiger partial charge in [-0.25, -0.2) is 0 Å². The molecule has 2 saturated carbocycles. The number of nitrogens with zero attached hydrogens (tertiary/aromatic N) is 1. The summed E-state index contributed by atoms with van der Waals surface area (Å²) in [6.07, 6.45) is 12.7. The van der Waals surface area contributed by atoms with Gasteiger partial charge in [-0.05, 0) is 44.7 Å². The first-order valence-electron chi connectivity index (χ1n) is 14.0. The average molecular weight is 517 g/mol. The molecule has 6 heteroatoms. The van der Waals surface area contributed by atoms with Crippen molar-refractivity contribution in [1.82, 2.24) is 10.2 Å².